The van der Waals surface area contributed by atoms with Crippen LogP contribution in [0.1, 0.15) is 32.5 Å². The van der Waals surface area contributed by atoms with Crippen LogP contribution in [0.4, 0.5) is 5.69 Å². The Hall–Kier alpha value is -2.34. The van der Waals surface area contributed by atoms with E-state index in [1.807, 2.05) is 18.4 Å². The van der Waals surface area contributed by atoms with Gasteiger partial charge in [0.05, 0.1) is 23.2 Å². The van der Waals surface area contributed by atoms with Gasteiger partial charge in [-0.3, -0.25) is 4.79 Å². The third kappa shape index (κ3) is 3.22. The van der Waals surface area contributed by atoms with Crippen LogP contribution >= 0.6 is 11.3 Å². The largest absolute Gasteiger partial charge is 0.497 e. The molecule has 0 aliphatic heterocycles. The number of amides is 1. The Morgan fingerprint density at radius 3 is 2.71 bits per heavy atom. The summed E-state index contributed by atoms with van der Waals surface area (Å²) in [5.41, 5.74) is 1.19. The van der Waals surface area contributed by atoms with E-state index >= 15 is 0 Å². The second-order valence-electron chi connectivity index (χ2n) is 4.30. The molecule has 0 bridgehead atoms. The van der Waals surface area contributed by atoms with Crippen LogP contribution in [0, 0.1) is 0 Å². The van der Waals surface area contributed by atoms with Gasteiger partial charge in [-0.2, -0.15) is 0 Å². The van der Waals surface area contributed by atoms with E-state index in [1.54, 1.807) is 6.07 Å². The second-order valence-corrected chi connectivity index (χ2v) is 5.22. The van der Waals surface area contributed by atoms with E-state index in [0.29, 0.717) is 10.6 Å². The van der Waals surface area contributed by atoms with Crippen LogP contribution in [0.25, 0.3) is 0 Å². The summed E-state index contributed by atoms with van der Waals surface area (Å²) in [6.07, 6.45) is 0.746. The van der Waals surface area contributed by atoms with Gasteiger partial charge in [0, 0.05) is 6.07 Å². The summed E-state index contributed by atoms with van der Waals surface area (Å²) in [6, 6.07) is 6.34. The van der Waals surface area contributed by atoms with Crippen molar-refractivity contribution in [2.45, 2.75) is 13.3 Å². The fourth-order valence-electron chi connectivity index (χ4n) is 1.93. The van der Waals surface area contributed by atoms with Crippen molar-refractivity contribution in [1.29, 1.82) is 0 Å². The number of benzene rings is 1. The molecule has 0 radical (unpaired) electrons. The average Bonchev–Trinajstić information content (AvgIpc) is 2.95. The minimum atomic E-state index is -1.10. The molecule has 1 heterocycles. The van der Waals surface area contributed by atoms with Crippen LogP contribution in [0.5, 0.6) is 5.75 Å². The number of rotatable bonds is 5. The van der Waals surface area contributed by atoms with Crippen molar-refractivity contribution >= 4 is 28.9 Å². The lowest BCUT2D eigenvalue weighted by atomic mass is 10.1. The number of thiophene rings is 1. The van der Waals surface area contributed by atoms with Crippen LogP contribution in [0.15, 0.2) is 29.6 Å². The SMILES string of the molecule is CCc1ccsc1C(=O)Nc1cc(OC)ccc1C(=O)O. The minimum Gasteiger partial charge on any atom is -0.497 e. The van der Waals surface area contributed by atoms with Crippen LogP contribution in [-0.2, 0) is 6.42 Å². The number of nitrogens with one attached hydrogen (secondary N) is 1. The maximum atomic E-state index is 12.3. The average molecular weight is 305 g/mol. The van der Waals surface area contributed by atoms with Crippen LogP contribution in [-0.4, -0.2) is 24.1 Å². The van der Waals surface area contributed by atoms with Gasteiger partial charge in [-0.1, -0.05) is 6.92 Å². The monoisotopic (exact) mass is 305 g/mol. The molecular weight excluding hydrogens is 290 g/mol. The number of hydrogen-bond donors (Lipinski definition) is 2. The Kier molecular flexibility index (Phi) is 4.59. The summed E-state index contributed by atoms with van der Waals surface area (Å²) >= 11 is 1.33. The van der Waals surface area contributed by atoms with Crippen molar-refractivity contribution < 1.29 is 19.4 Å². The Labute approximate surface area is 126 Å². The number of carbonyl (C=O) groups excluding carboxylic acids is 1. The molecular formula is C15H15NO4S. The van der Waals surface area contributed by atoms with Crippen LogP contribution < -0.4 is 10.1 Å². The molecule has 0 fully saturated rings. The van der Waals surface area contributed by atoms with Gasteiger partial charge in [-0.15, -0.1) is 11.3 Å². The highest BCUT2D eigenvalue weighted by Crippen LogP contribution is 2.25. The summed E-state index contributed by atoms with van der Waals surface area (Å²) in [5, 5.41) is 13.7. The number of ether oxygens (including phenoxy) is 1. The minimum absolute atomic E-state index is 0.0266. The van der Waals surface area contributed by atoms with Gasteiger partial charge in [-0.25, -0.2) is 4.79 Å². The molecule has 0 saturated carbocycles. The van der Waals surface area contributed by atoms with Gasteiger partial charge in [-0.05, 0) is 35.6 Å². The lowest BCUT2D eigenvalue weighted by Crippen LogP contribution is -2.15. The Morgan fingerprint density at radius 2 is 2.10 bits per heavy atom. The van der Waals surface area contributed by atoms with E-state index < -0.39 is 5.97 Å². The van der Waals surface area contributed by atoms with E-state index in [1.165, 1.54) is 30.6 Å². The molecule has 2 N–H and O–H groups in total. The summed E-state index contributed by atoms with van der Waals surface area (Å²) in [6.45, 7) is 1.97. The Bertz CT molecular complexity index is 678. The highest BCUT2D eigenvalue weighted by molar-refractivity contribution is 7.12. The second kappa shape index (κ2) is 6.41. The molecule has 21 heavy (non-hydrogen) atoms. The summed E-state index contributed by atoms with van der Waals surface area (Å²) in [7, 11) is 1.48. The fraction of sp³-hybridized carbons (Fsp3) is 0.200. The number of aromatic carboxylic acids is 1. The number of methoxy groups -OCH3 is 1. The molecule has 110 valence electrons. The molecule has 0 aliphatic carbocycles. The number of carboxylic acids is 1. The molecule has 0 spiro atoms. The van der Waals surface area contributed by atoms with Crippen LogP contribution in [0.2, 0.25) is 0 Å². The molecule has 1 aromatic heterocycles. The number of carbonyl (C=O) groups is 2. The van der Waals surface area contributed by atoms with E-state index in [-0.39, 0.29) is 17.2 Å². The van der Waals surface area contributed by atoms with Gasteiger partial charge < -0.3 is 15.2 Å². The number of aryl methyl sites for hydroxylation is 1. The molecule has 0 aliphatic rings. The summed E-state index contributed by atoms with van der Waals surface area (Å²) in [4.78, 5) is 24.1. The zero-order chi connectivity index (χ0) is 15.4. The quantitative estimate of drug-likeness (QED) is 0.889. The Morgan fingerprint density at radius 1 is 1.33 bits per heavy atom. The molecule has 2 aromatic rings. The van der Waals surface area contributed by atoms with E-state index in [2.05, 4.69) is 5.32 Å². The van der Waals surface area contributed by atoms with Gasteiger partial charge in [0.2, 0.25) is 0 Å². The molecule has 5 nitrogen and oxygen atoms in total. The third-order valence-corrected chi connectivity index (χ3v) is 3.99. The fourth-order valence-corrected chi connectivity index (χ4v) is 2.82. The van der Waals surface area contributed by atoms with Crippen molar-refractivity contribution in [1.82, 2.24) is 0 Å². The van der Waals surface area contributed by atoms with Gasteiger partial charge >= 0.3 is 5.97 Å². The van der Waals surface area contributed by atoms with Gasteiger partial charge in [0.1, 0.15) is 5.75 Å². The predicted octanol–water partition coefficient (Wildman–Crippen LogP) is 3.27. The standard InChI is InChI=1S/C15H15NO4S/c1-3-9-6-7-21-13(9)14(17)16-12-8-10(20-2)4-5-11(12)15(18)19/h4-8H,3H2,1-2H3,(H,16,17)(H,18,19). The highest BCUT2D eigenvalue weighted by Gasteiger charge is 2.17. The zero-order valence-corrected chi connectivity index (χ0v) is 12.5. The molecule has 0 atom stereocenters. The zero-order valence-electron chi connectivity index (χ0n) is 11.7. The van der Waals surface area contributed by atoms with E-state index in [4.69, 9.17) is 4.74 Å². The molecule has 6 heteroatoms. The Balaban J connectivity index is 2.34. The van der Waals surface area contributed by atoms with Crippen molar-refractivity contribution in [2.75, 3.05) is 12.4 Å². The lowest BCUT2D eigenvalue weighted by molar-refractivity contribution is 0.0698. The highest BCUT2D eigenvalue weighted by atomic mass is 32.1. The van der Waals surface area contributed by atoms with Crippen LogP contribution in [0.3, 0.4) is 0 Å². The predicted molar refractivity (Wildman–Crippen MR) is 81.6 cm³/mol. The first-order valence-electron chi connectivity index (χ1n) is 6.35. The number of anilines is 1. The topological polar surface area (TPSA) is 75.6 Å². The first-order valence-corrected chi connectivity index (χ1v) is 7.23. The third-order valence-electron chi connectivity index (χ3n) is 3.04. The summed E-state index contributed by atoms with van der Waals surface area (Å²) < 4.78 is 5.07. The van der Waals surface area contributed by atoms with Gasteiger partial charge in [0.25, 0.3) is 5.91 Å². The van der Waals surface area contributed by atoms with E-state index in [9.17, 15) is 14.7 Å². The maximum absolute atomic E-state index is 12.3. The molecule has 0 unspecified atom stereocenters. The lowest BCUT2D eigenvalue weighted by Gasteiger charge is -2.10. The summed E-state index contributed by atoms with van der Waals surface area (Å²) in [5.74, 6) is -0.926. The molecule has 1 amide bonds. The maximum Gasteiger partial charge on any atom is 0.337 e. The first-order chi connectivity index (χ1) is 10.1. The molecule has 2 rings (SSSR count). The van der Waals surface area contributed by atoms with Crippen molar-refractivity contribution in [2.24, 2.45) is 0 Å². The first kappa shape index (κ1) is 15.1. The normalized spacial score (nSPS) is 10.2. The number of carboxylic acid groups (broad SMARTS) is 1. The van der Waals surface area contributed by atoms with Crippen molar-refractivity contribution in [3.63, 3.8) is 0 Å². The van der Waals surface area contributed by atoms with Crippen molar-refractivity contribution in [3.05, 3.63) is 45.6 Å². The smallest absolute Gasteiger partial charge is 0.337 e. The molecule has 1 aromatic carbocycles. The van der Waals surface area contributed by atoms with Gasteiger partial charge in [0.15, 0.2) is 0 Å². The molecule has 0 saturated heterocycles. The van der Waals surface area contributed by atoms with E-state index in [0.717, 1.165) is 12.0 Å². The van der Waals surface area contributed by atoms with Crippen molar-refractivity contribution in [3.8, 4) is 5.75 Å². The number of hydrogen-bond acceptors (Lipinski definition) is 4.